The lowest BCUT2D eigenvalue weighted by Crippen LogP contribution is -2.22. The third-order valence-corrected chi connectivity index (χ3v) is 4.16. The fourth-order valence-electron chi connectivity index (χ4n) is 2.06. The van der Waals surface area contributed by atoms with Gasteiger partial charge in [0, 0.05) is 17.0 Å². The highest BCUT2D eigenvalue weighted by molar-refractivity contribution is 7.09. The first kappa shape index (κ1) is 15.5. The summed E-state index contributed by atoms with van der Waals surface area (Å²) in [5.74, 6) is 0.873. The van der Waals surface area contributed by atoms with Crippen molar-refractivity contribution in [3.63, 3.8) is 0 Å². The number of benzene rings is 1. The van der Waals surface area contributed by atoms with Crippen LogP contribution >= 0.6 is 11.3 Å². The van der Waals surface area contributed by atoms with E-state index in [0.717, 1.165) is 16.4 Å². The maximum absolute atomic E-state index is 5.93. The highest BCUT2D eigenvalue weighted by Crippen LogP contribution is 2.19. The Labute approximate surface area is 130 Å². The largest absolute Gasteiger partial charge is 0.370 e. The molecule has 0 atom stereocenters. The molecule has 0 saturated heterocycles. The van der Waals surface area contributed by atoms with Gasteiger partial charge in [-0.3, -0.25) is 0 Å². The third kappa shape index (κ3) is 4.56. The molecule has 21 heavy (non-hydrogen) atoms. The van der Waals surface area contributed by atoms with Gasteiger partial charge in [-0.25, -0.2) is 9.98 Å². The van der Waals surface area contributed by atoms with Crippen molar-refractivity contribution in [1.29, 1.82) is 0 Å². The maximum atomic E-state index is 5.93. The lowest BCUT2D eigenvalue weighted by Gasteiger charge is -2.07. The predicted octanol–water partition coefficient (Wildman–Crippen LogP) is 3.81. The molecule has 0 fully saturated rings. The molecule has 0 aliphatic heterocycles. The van der Waals surface area contributed by atoms with Crippen LogP contribution in [-0.4, -0.2) is 10.9 Å². The molecule has 1 aromatic carbocycles. The second-order valence-corrected chi connectivity index (χ2v) is 6.42. The Balaban J connectivity index is 2.00. The normalized spacial score (nSPS) is 12.0. The quantitative estimate of drug-likeness (QED) is 0.667. The highest BCUT2D eigenvalue weighted by Gasteiger charge is 2.05. The number of nitrogens with two attached hydrogens (primary N) is 1. The molecule has 4 nitrogen and oxygen atoms in total. The number of guanidine groups is 1. The minimum atomic E-state index is 0.416. The summed E-state index contributed by atoms with van der Waals surface area (Å²) in [6.07, 6.45) is 0. The fourth-order valence-corrected chi connectivity index (χ4v) is 2.89. The number of hydrogen-bond donors (Lipinski definition) is 2. The smallest absolute Gasteiger partial charge is 0.193 e. The van der Waals surface area contributed by atoms with E-state index in [1.807, 2.05) is 5.38 Å². The monoisotopic (exact) mass is 302 g/mol. The molecule has 2 aromatic rings. The number of anilines is 1. The Bertz CT molecular complexity index is 623. The van der Waals surface area contributed by atoms with Crippen LogP contribution in [0, 0.1) is 13.8 Å². The van der Waals surface area contributed by atoms with Crippen molar-refractivity contribution in [3.8, 4) is 0 Å². The van der Waals surface area contributed by atoms with Crippen molar-refractivity contribution < 1.29 is 0 Å². The van der Waals surface area contributed by atoms with E-state index in [-0.39, 0.29) is 0 Å². The van der Waals surface area contributed by atoms with Crippen molar-refractivity contribution >= 4 is 23.0 Å². The van der Waals surface area contributed by atoms with E-state index < -0.39 is 0 Å². The van der Waals surface area contributed by atoms with Crippen LogP contribution in [0.3, 0.4) is 0 Å². The van der Waals surface area contributed by atoms with Crippen LogP contribution in [-0.2, 0) is 6.54 Å². The lowest BCUT2D eigenvalue weighted by molar-refractivity contribution is 0.837. The van der Waals surface area contributed by atoms with Gasteiger partial charge in [0.1, 0.15) is 0 Å². The van der Waals surface area contributed by atoms with E-state index in [4.69, 9.17) is 5.73 Å². The van der Waals surface area contributed by atoms with E-state index in [0.29, 0.717) is 18.4 Å². The molecule has 5 heteroatoms. The standard InChI is InChI=1S/C16H22N4S/c1-10(2)15-19-14(9-21-15)8-18-16(17)20-13-6-11(3)5-12(4)7-13/h5-7,9-10H,8H2,1-4H3,(H3,17,18,20). The van der Waals surface area contributed by atoms with Gasteiger partial charge >= 0.3 is 0 Å². The SMILES string of the molecule is Cc1cc(C)cc(NC(N)=NCc2csc(C(C)C)n2)c1. The Kier molecular flexibility index (Phi) is 4.96. The zero-order valence-electron chi connectivity index (χ0n) is 13.0. The van der Waals surface area contributed by atoms with E-state index in [9.17, 15) is 0 Å². The summed E-state index contributed by atoms with van der Waals surface area (Å²) in [5.41, 5.74) is 10.3. The molecule has 3 N–H and O–H groups in total. The molecule has 0 aliphatic rings. The van der Waals surface area contributed by atoms with Gasteiger partial charge in [0.15, 0.2) is 5.96 Å². The summed E-state index contributed by atoms with van der Waals surface area (Å²) >= 11 is 1.68. The van der Waals surface area contributed by atoms with E-state index in [1.54, 1.807) is 11.3 Å². The van der Waals surface area contributed by atoms with Gasteiger partial charge in [0.25, 0.3) is 0 Å². The van der Waals surface area contributed by atoms with Crippen LogP contribution in [0.4, 0.5) is 5.69 Å². The molecule has 0 saturated carbocycles. The summed E-state index contributed by atoms with van der Waals surface area (Å²) < 4.78 is 0. The summed E-state index contributed by atoms with van der Waals surface area (Å²) in [5, 5.41) is 6.31. The Morgan fingerprint density at radius 1 is 1.29 bits per heavy atom. The molecule has 0 spiro atoms. The van der Waals surface area contributed by atoms with E-state index in [1.165, 1.54) is 11.1 Å². The zero-order chi connectivity index (χ0) is 15.4. The number of aromatic nitrogens is 1. The van der Waals surface area contributed by atoms with Crippen molar-refractivity contribution in [2.75, 3.05) is 5.32 Å². The van der Waals surface area contributed by atoms with Gasteiger partial charge in [0.05, 0.1) is 17.2 Å². The van der Waals surface area contributed by atoms with Crippen LogP contribution in [0.2, 0.25) is 0 Å². The van der Waals surface area contributed by atoms with Gasteiger partial charge in [-0.05, 0) is 37.1 Å². The molecule has 0 unspecified atom stereocenters. The number of thiazole rings is 1. The van der Waals surface area contributed by atoms with Crippen LogP contribution in [0.1, 0.15) is 41.6 Å². The average Bonchev–Trinajstić information content (AvgIpc) is 2.84. The van der Waals surface area contributed by atoms with Gasteiger partial charge in [0.2, 0.25) is 0 Å². The first-order valence-electron chi connectivity index (χ1n) is 7.03. The minimum Gasteiger partial charge on any atom is -0.370 e. The van der Waals surface area contributed by atoms with Crippen LogP contribution in [0.15, 0.2) is 28.6 Å². The maximum Gasteiger partial charge on any atom is 0.193 e. The molecular formula is C16H22N4S. The van der Waals surface area contributed by atoms with E-state index in [2.05, 4.69) is 61.2 Å². The van der Waals surface area contributed by atoms with Gasteiger partial charge < -0.3 is 11.1 Å². The number of aliphatic imine (C=N–C) groups is 1. The van der Waals surface area contributed by atoms with E-state index >= 15 is 0 Å². The van der Waals surface area contributed by atoms with Crippen molar-refractivity contribution in [3.05, 3.63) is 45.4 Å². The fraction of sp³-hybridized carbons (Fsp3) is 0.375. The average molecular weight is 302 g/mol. The zero-order valence-corrected chi connectivity index (χ0v) is 13.8. The second-order valence-electron chi connectivity index (χ2n) is 5.53. The number of nitrogens with zero attached hydrogens (tertiary/aromatic N) is 2. The van der Waals surface area contributed by atoms with Crippen molar-refractivity contribution in [1.82, 2.24) is 4.98 Å². The molecule has 0 amide bonds. The molecular weight excluding hydrogens is 280 g/mol. The number of aryl methyl sites for hydroxylation is 2. The lowest BCUT2D eigenvalue weighted by atomic mass is 10.1. The number of rotatable bonds is 4. The number of nitrogens with one attached hydrogen (secondary N) is 1. The summed E-state index contributed by atoms with van der Waals surface area (Å²) in [7, 11) is 0. The van der Waals surface area contributed by atoms with Crippen LogP contribution < -0.4 is 11.1 Å². The molecule has 2 rings (SSSR count). The molecule has 1 heterocycles. The van der Waals surface area contributed by atoms with Gasteiger partial charge in [-0.1, -0.05) is 19.9 Å². The molecule has 0 aliphatic carbocycles. The van der Waals surface area contributed by atoms with Crippen molar-refractivity contribution in [2.24, 2.45) is 10.7 Å². The number of hydrogen-bond acceptors (Lipinski definition) is 3. The third-order valence-electron chi connectivity index (χ3n) is 2.97. The second kappa shape index (κ2) is 6.72. The molecule has 112 valence electrons. The molecule has 0 radical (unpaired) electrons. The predicted molar refractivity (Wildman–Crippen MR) is 91.1 cm³/mol. The highest BCUT2D eigenvalue weighted by atomic mass is 32.1. The van der Waals surface area contributed by atoms with Crippen LogP contribution in [0.5, 0.6) is 0 Å². The van der Waals surface area contributed by atoms with Crippen molar-refractivity contribution in [2.45, 2.75) is 40.2 Å². The topological polar surface area (TPSA) is 63.3 Å². The Morgan fingerprint density at radius 2 is 1.95 bits per heavy atom. The first-order chi connectivity index (χ1) is 9.94. The summed E-state index contributed by atoms with van der Waals surface area (Å²) in [4.78, 5) is 8.89. The Hall–Kier alpha value is -1.88. The molecule has 1 aromatic heterocycles. The Morgan fingerprint density at radius 3 is 2.52 bits per heavy atom. The minimum absolute atomic E-state index is 0.416. The van der Waals surface area contributed by atoms with Gasteiger partial charge in [-0.2, -0.15) is 0 Å². The first-order valence-corrected chi connectivity index (χ1v) is 7.91. The van der Waals surface area contributed by atoms with Crippen LogP contribution in [0.25, 0.3) is 0 Å². The molecule has 0 bridgehead atoms. The summed E-state index contributed by atoms with van der Waals surface area (Å²) in [6, 6.07) is 6.23. The summed E-state index contributed by atoms with van der Waals surface area (Å²) in [6.45, 7) is 8.92. The van der Waals surface area contributed by atoms with Gasteiger partial charge in [-0.15, -0.1) is 11.3 Å².